The molecule has 0 saturated carbocycles. The van der Waals surface area contributed by atoms with Crippen molar-refractivity contribution in [3.63, 3.8) is 0 Å². The summed E-state index contributed by atoms with van der Waals surface area (Å²) in [4.78, 5) is 0. The highest BCUT2D eigenvalue weighted by atomic mass is 79.9. The van der Waals surface area contributed by atoms with E-state index >= 15 is 0 Å². The van der Waals surface area contributed by atoms with E-state index in [4.69, 9.17) is 0 Å². The van der Waals surface area contributed by atoms with E-state index in [1.54, 1.807) is 11.4 Å². The Balaban J connectivity index is 2.41. The zero-order chi connectivity index (χ0) is 10.8. The quantitative estimate of drug-likeness (QED) is 0.924. The first-order valence-corrected chi connectivity index (χ1v) is 5.71. The van der Waals surface area contributed by atoms with Crippen LogP contribution in [0, 0.1) is 5.82 Å². The van der Waals surface area contributed by atoms with Crippen molar-refractivity contribution in [2.45, 2.75) is 6.10 Å². The van der Waals surface area contributed by atoms with Crippen molar-refractivity contribution in [1.82, 2.24) is 9.59 Å². The van der Waals surface area contributed by atoms with Crippen LogP contribution in [0.4, 0.5) is 4.39 Å². The molecule has 0 aliphatic carbocycles. The summed E-state index contributed by atoms with van der Waals surface area (Å²) >= 11 is 4.33. The third kappa shape index (κ3) is 2.22. The van der Waals surface area contributed by atoms with Crippen LogP contribution >= 0.6 is 27.5 Å². The summed E-state index contributed by atoms with van der Waals surface area (Å²) in [5.41, 5.74) is 0.550. The monoisotopic (exact) mass is 288 g/mol. The van der Waals surface area contributed by atoms with Gasteiger partial charge in [0.1, 0.15) is 17.6 Å². The van der Waals surface area contributed by atoms with Crippen molar-refractivity contribution < 1.29 is 9.50 Å². The summed E-state index contributed by atoms with van der Waals surface area (Å²) in [7, 11) is 0. The highest BCUT2D eigenvalue weighted by Crippen LogP contribution is 2.26. The summed E-state index contributed by atoms with van der Waals surface area (Å²) in [5.74, 6) is -0.460. The van der Waals surface area contributed by atoms with Gasteiger partial charge in [0, 0.05) is 15.4 Å². The lowest BCUT2D eigenvalue weighted by Gasteiger charge is -2.08. The Morgan fingerprint density at radius 2 is 2.27 bits per heavy atom. The van der Waals surface area contributed by atoms with Gasteiger partial charge in [0.2, 0.25) is 0 Å². The summed E-state index contributed by atoms with van der Waals surface area (Å²) in [6, 6.07) is 4.40. The molecule has 78 valence electrons. The zero-order valence-electron chi connectivity index (χ0n) is 7.39. The molecule has 1 heterocycles. The molecule has 1 aromatic heterocycles. The van der Waals surface area contributed by atoms with E-state index in [1.807, 2.05) is 0 Å². The lowest BCUT2D eigenvalue weighted by Crippen LogP contribution is -2.03. The van der Waals surface area contributed by atoms with Gasteiger partial charge < -0.3 is 5.11 Å². The number of aromatic nitrogens is 2. The van der Waals surface area contributed by atoms with Crippen LogP contribution in [0.2, 0.25) is 0 Å². The maximum absolute atomic E-state index is 13.4. The molecular weight excluding hydrogens is 283 g/mol. The maximum atomic E-state index is 13.4. The van der Waals surface area contributed by atoms with Crippen LogP contribution in [-0.2, 0) is 0 Å². The molecule has 15 heavy (non-hydrogen) atoms. The van der Waals surface area contributed by atoms with Crippen molar-refractivity contribution in [3.8, 4) is 0 Å². The lowest BCUT2D eigenvalue weighted by atomic mass is 10.1. The van der Waals surface area contributed by atoms with Crippen molar-refractivity contribution >= 4 is 27.5 Å². The summed E-state index contributed by atoms with van der Waals surface area (Å²) in [6.45, 7) is 0. The smallest absolute Gasteiger partial charge is 0.129 e. The van der Waals surface area contributed by atoms with Crippen LogP contribution in [0.1, 0.15) is 17.4 Å². The molecule has 0 amide bonds. The standard InChI is InChI=1S/C9H6BrFN2OS/c10-5-1-2-7(11)6(3-5)9(14)8-4-15-13-12-8/h1-4,9,14H. The van der Waals surface area contributed by atoms with Gasteiger partial charge in [-0.05, 0) is 29.7 Å². The van der Waals surface area contributed by atoms with E-state index in [2.05, 4.69) is 25.5 Å². The van der Waals surface area contributed by atoms with Crippen LogP contribution in [0.5, 0.6) is 0 Å². The third-order valence-corrected chi connectivity index (χ3v) is 2.93. The van der Waals surface area contributed by atoms with Gasteiger partial charge in [0.05, 0.1) is 0 Å². The van der Waals surface area contributed by atoms with E-state index in [0.717, 1.165) is 11.5 Å². The second kappa shape index (κ2) is 4.34. The van der Waals surface area contributed by atoms with Crippen molar-refractivity contribution in [1.29, 1.82) is 0 Å². The molecule has 2 rings (SSSR count). The number of hydrogen-bond donors (Lipinski definition) is 1. The van der Waals surface area contributed by atoms with Gasteiger partial charge in [-0.25, -0.2) is 4.39 Å². The fourth-order valence-electron chi connectivity index (χ4n) is 1.17. The predicted octanol–water partition coefficient (Wildman–Crippen LogP) is 2.52. The number of hydrogen-bond acceptors (Lipinski definition) is 4. The topological polar surface area (TPSA) is 46.0 Å². The van der Waals surface area contributed by atoms with Gasteiger partial charge >= 0.3 is 0 Å². The number of halogens is 2. The van der Waals surface area contributed by atoms with Gasteiger partial charge in [0.15, 0.2) is 0 Å². The summed E-state index contributed by atoms with van der Waals surface area (Å²) in [5, 5.41) is 15.1. The third-order valence-electron chi connectivity index (χ3n) is 1.91. The van der Waals surface area contributed by atoms with Crippen molar-refractivity contribution in [3.05, 3.63) is 45.1 Å². The number of benzene rings is 1. The van der Waals surface area contributed by atoms with Crippen LogP contribution in [0.15, 0.2) is 28.1 Å². The number of aliphatic hydroxyl groups is 1. The molecule has 1 atom stereocenters. The average Bonchev–Trinajstić information content (AvgIpc) is 2.74. The van der Waals surface area contributed by atoms with Crippen LogP contribution in [0.3, 0.4) is 0 Å². The van der Waals surface area contributed by atoms with Gasteiger partial charge in [-0.2, -0.15) is 0 Å². The molecule has 0 fully saturated rings. The van der Waals surface area contributed by atoms with Gasteiger partial charge in [-0.15, -0.1) is 5.10 Å². The first-order chi connectivity index (χ1) is 7.18. The molecule has 0 bridgehead atoms. The molecule has 0 radical (unpaired) electrons. The molecule has 2 aromatic rings. The van der Waals surface area contributed by atoms with E-state index in [1.165, 1.54) is 12.1 Å². The van der Waals surface area contributed by atoms with Crippen LogP contribution < -0.4 is 0 Å². The highest BCUT2D eigenvalue weighted by Gasteiger charge is 2.17. The Bertz CT molecular complexity index is 463. The van der Waals surface area contributed by atoms with Crippen molar-refractivity contribution in [2.75, 3.05) is 0 Å². The minimum atomic E-state index is -1.07. The normalized spacial score (nSPS) is 12.7. The summed E-state index contributed by atoms with van der Waals surface area (Å²) in [6.07, 6.45) is -1.07. The fourth-order valence-corrected chi connectivity index (χ4v) is 2.03. The molecule has 0 spiro atoms. The molecule has 1 N–H and O–H groups in total. The van der Waals surface area contributed by atoms with E-state index < -0.39 is 11.9 Å². The Kier molecular flexibility index (Phi) is 3.08. The van der Waals surface area contributed by atoms with E-state index in [0.29, 0.717) is 10.2 Å². The maximum Gasteiger partial charge on any atom is 0.129 e. The first kappa shape index (κ1) is 10.7. The molecule has 0 aliphatic rings. The Morgan fingerprint density at radius 3 is 2.93 bits per heavy atom. The highest BCUT2D eigenvalue weighted by molar-refractivity contribution is 9.10. The van der Waals surface area contributed by atoms with E-state index in [9.17, 15) is 9.50 Å². The average molecular weight is 289 g/mol. The van der Waals surface area contributed by atoms with Gasteiger partial charge in [-0.1, -0.05) is 20.4 Å². The first-order valence-electron chi connectivity index (χ1n) is 4.08. The molecule has 1 unspecified atom stereocenters. The molecule has 0 saturated heterocycles. The molecule has 6 heteroatoms. The van der Waals surface area contributed by atoms with Crippen LogP contribution in [0.25, 0.3) is 0 Å². The van der Waals surface area contributed by atoms with Crippen LogP contribution in [-0.4, -0.2) is 14.7 Å². The van der Waals surface area contributed by atoms with Crippen molar-refractivity contribution in [2.24, 2.45) is 0 Å². The lowest BCUT2D eigenvalue weighted by molar-refractivity contribution is 0.210. The fraction of sp³-hybridized carbons (Fsp3) is 0.111. The molecule has 3 nitrogen and oxygen atoms in total. The minimum absolute atomic E-state index is 0.192. The number of aliphatic hydroxyl groups excluding tert-OH is 1. The van der Waals surface area contributed by atoms with E-state index in [-0.39, 0.29) is 5.56 Å². The largest absolute Gasteiger partial charge is 0.382 e. The SMILES string of the molecule is OC(c1csnn1)c1cc(Br)ccc1F. The Hall–Kier alpha value is -0.850. The zero-order valence-corrected chi connectivity index (χ0v) is 9.80. The minimum Gasteiger partial charge on any atom is -0.382 e. The second-order valence-electron chi connectivity index (χ2n) is 2.90. The van der Waals surface area contributed by atoms with Gasteiger partial charge in [-0.3, -0.25) is 0 Å². The Labute approximate surface area is 97.9 Å². The molecule has 0 aliphatic heterocycles. The van der Waals surface area contributed by atoms with Gasteiger partial charge in [0.25, 0.3) is 0 Å². The predicted molar refractivity (Wildman–Crippen MR) is 58.1 cm³/mol. The molecular formula is C9H6BrFN2OS. The molecule has 1 aromatic carbocycles. The number of rotatable bonds is 2. The summed E-state index contributed by atoms with van der Waals surface area (Å²) < 4.78 is 17.7. The second-order valence-corrected chi connectivity index (χ2v) is 4.42. The Morgan fingerprint density at radius 1 is 1.47 bits per heavy atom. The number of nitrogens with zero attached hydrogens (tertiary/aromatic N) is 2.